The first kappa shape index (κ1) is 16.1. The van der Waals surface area contributed by atoms with Gasteiger partial charge in [-0.15, -0.1) is 0 Å². The summed E-state index contributed by atoms with van der Waals surface area (Å²) in [5.41, 5.74) is 0.104. The maximum Gasteiger partial charge on any atom is 0.192 e. The van der Waals surface area contributed by atoms with Crippen LogP contribution in [-0.2, 0) is 9.84 Å². The topological polar surface area (TPSA) is 60.4 Å². The van der Waals surface area contributed by atoms with Crippen LogP contribution >= 0.6 is 27.5 Å². The molecule has 2 aliphatic rings. The van der Waals surface area contributed by atoms with E-state index in [0.717, 1.165) is 12.1 Å². The third-order valence-corrected chi connectivity index (χ3v) is 7.83. The predicted octanol–water partition coefficient (Wildman–Crippen LogP) is 4.54. The fourth-order valence-corrected chi connectivity index (χ4v) is 6.00. The molecule has 1 heterocycles. The van der Waals surface area contributed by atoms with Crippen molar-refractivity contribution in [3.63, 3.8) is 0 Å². The van der Waals surface area contributed by atoms with Gasteiger partial charge in [0.2, 0.25) is 0 Å². The van der Waals surface area contributed by atoms with Crippen LogP contribution in [0.2, 0.25) is 5.02 Å². The third kappa shape index (κ3) is 2.08. The fourth-order valence-electron chi connectivity index (χ4n) is 2.94. The molecule has 0 N–H and O–H groups in total. The zero-order valence-corrected chi connectivity index (χ0v) is 15.1. The van der Waals surface area contributed by atoms with Crippen LogP contribution in [0.3, 0.4) is 0 Å². The maximum atomic E-state index is 13.4. The second kappa shape index (κ2) is 5.03. The predicted molar refractivity (Wildman–Crippen MR) is 89.1 cm³/mol. The number of Topliss-reactive ketones (excluding diaryl/α,β-unsaturated/α-hetero) is 1. The Morgan fingerprint density at radius 1 is 1.21 bits per heavy atom. The summed E-state index contributed by atoms with van der Waals surface area (Å²) in [7, 11) is -3.66. The van der Waals surface area contributed by atoms with Gasteiger partial charge < -0.3 is 4.74 Å². The number of halogens is 3. The average Bonchev–Trinajstić information content (AvgIpc) is 3.26. The highest BCUT2D eigenvalue weighted by molar-refractivity contribution is 9.10. The number of hydrogen-bond acceptors (Lipinski definition) is 4. The number of carbonyl (C=O) groups is 1. The van der Waals surface area contributed by atoms with Gasteiger partial charge in [0, 0.05) is 11.1 Å². The molecule has 1 spiro atoms. The summed E-state index contributed by atoms with van der Waals surface area (Å²) in [4.78, 5) is 12.6. The smallest absolute Gasteiger partial charge is 0.192 e. The van der Waals surface area contributed by atoms with Gasteiger partial charge in [-0.05, 0) is 53.0 Å². The first-order valence-corrected chi connectivity index (χ1v) is 9.67. The Morgan fingerprint density at radius 3 is 2.54 bits per heavy atom. The van der Waals surface area contributed by atoms with E-state index in [-0.39, 0.29) is 31.5 Å². The summed E-state index contributed by atoms with van der Waals surface area (Å²) in [6.45, 7) is 0. The SMILES string of the molecule is O=C1c2c(ccc(Oc3cc(F)cc(Cl)c3)c2Br)S(=O)(=O)C12CC2. The molecule has 1 aliphatic carbocycles. The Balaban J connectivity index is 1.82. The molecule has 0 atom stereocenters. The molecule has 124 valence electrons. The fraction of sp³-hybridized carbons (Fsp3) is 0.188. The van der Waals surface area contributed by atoms with E-state index < -0.39 is 26.2 Å². The van der Waals surface area contributed by atoms with E-state index in [1.54, 1.807) is 0 Å². The molecule has 24 heavy (non-hydrogen) atoms. The lowest BCUT2D eigenvalue weighted by Crippen LogP contribution is -2.24. The second-order valence-electron chi connectivity index (χ2n) is 5.78. The molecular weight excluding hydrogens is 423 g/mol. The van der Waals surface area contributed by atoms with Gasteiger partial charge in [-0.3, -0.25) is 4.79 Å². The Morgan fingerprint density at radius 2 is 1.92 bits per heavy atom. The van der Waals surface area contributed by atoms with Crippen LogP contribution in [0.5, 0.6) is 11.5 Å². The lowest BCUT2D eigenvalue weighted by molar-refractivity contribution is 0.0981. The lowest BCUT2D eigenvalue weighted by Gasteiger charge is -2.10. The number of benzene rings is 2. The van der Waals surface area contributed by atoms with Crippen molar-refractivity contribution in [2.45, 2.75) is 22.5 Å². The minimum atomic E-state index is -3.66. The van der Waals surface area contributed by atoms with Gasteiger partial charge in [0.05, 0.1) is 14.9 Å². The van der Waals surface area contributed by atoms with Gasteiger partial charge in [0.15, 0.2) is 15.6 Å². The number of fused-ring (bicyclic) bond motifs is 1. The monoisotopic (exact) mass is 430 g/mol. The number of ether oxygens (including phenoxy) is 1. The Hall–Kier alpha value is -1.44. The third-order valence-electron chi connectivity index (χ3n) is 4.28. The first-order chi connectivity index (χ1) is 11.3. The average molecular weight is 432 g/mol. The van der Waals surface area contributed by atoms with Crippen molar-refractivity contribution in [2.24, 2.45) is 0 Å². The van der Waals surface area contributed by atoms with Crippen molar-refractivity contribution >= 4 is 43.2 Å². The van der Waals surface area contributed by atoms with E-state index in [4.69, 9.17) is 16.3 Å². The van der Waals surface area contributed by atoms with Gasteiger partial charge in [0.1, 0.15) is 22.1 Å². The number of hydrogen-bond donors (Lipinski definition) is 0. The molecule has 1 aliphatic heterocycles. The van der Waals surface area contributed by atoms with Crippen LogP contribution in [0.25, 0.3) is 0 Å². The molecule has 0 aromatic heterocycles. The highest BCUT2D eigenvalue weighted by Crippen LogP contribution is 2.56. The van der Waals surface area contributed by atoms with Crippen LogP contribution < -0.4 is 4.74 Å². The maximum absolute atomic E-state index is 13.4. The Kier molecular flexibility index (Phi) is 3.37. The molecule has 4 rings (SSSR count). The van der Waals surface area contributed by atoms with Crippen LogP contribution in [0, 0.1) is 5.82 Å². The highest BCUT2D eigenvalue weighted by atomic mass is 79.9. The van der Waals surface area contributed by atoms with Crippen molar-refractivity contribution in [3.8, 4) is 11.5 Å². The van der Waals surface area contributed by atoms with E-state index in [1.165, 1.54) is 18.2 Å². The molecule has 0 radical (unpaired) electrons. The summed E-state index contributed by atoms with van der Waals surface area (Å²) < 4.78 is 43.0. The van der Waals surface area contributed by atoms with Crippen LogP contribution in [0.1, 0.15) is 23.2 Å². The molecule has 4 nitrogen and oxygen atoms in total. The minimum absolute atomic E-state index is 0.0153. The Labute approximate surface area is 150 Å². The van der Waals surface area contributed by atoms with E-state index in [2.05, 4.69) is 15.9 Å². The molecule has 1 saturated carbocycles. The molecule has 2 aromatic rings. The molecule has 0 amide bonds. The zero-order valence-electron chi connectivity index (χ0n) is 12.0. The van der Waals surface area contributed by atoms with Crippen LogP contribution in [0.15, 0.2) is 39.7 Å². The molecule has 0 saturated heterocycles. The van der Waals surface area contributed by atoms with E-state index in [9.17, 15) is 17.6 Å². The number of sulfone groups is 1. The molecule has 8 heteroatoms. The van der Waals surface area contributed by atoms with Crippen LogP contribution in [-0.4, -0.2) is 18.9 Å². The quantitative estimate of drug-likeness (QED) is 0.700. The van der Waals surface area contributed by atoms with Crippen LogP contribution in [0.4, 0.5) is 4.39 Å². The normalized spacial score (nSPS) is 19.4. The van der Waals surface area contributed by atoms with E-state index in [1.807, 2.05) is 0 Å². The van der Waals surface area contributed by atoms with Crippen molar-refractivity contribution in [1.29, 1.82) is 0 Å². The van der Waals surface area contributed by atoms with Crippen molar-refractivity contribution in [3.05, 3.63) is 51.2 Å². The number of carbonyl (C=O) groups excluding carboxylic acids is 1. The summed E-state index contributed by atoms with van der Waals surface area (Å²) in [6.07, 6.45) is 0.677. The van der Waals surface area contributed by atoms with Gasteiger partial charge in [-0.25, -0.2) is 12.8 Å². The lowest BCUT2D eigenvalue weighted by atomic mass is 10.1. The largest absolute Gasteiger partial charge is 0.456 e. The number of rotatable bonds is 2. The molecule has 1 fully saturated rings. The van der Waals surface area contributed by atoms with Gasteiger partial charge in [0.25, 0.3) is 0 Å². The zero-order chi connectivity index (χ0) is 17.3. The molecule has 2 aromatic carbocycles. The summed E-state index contributed by atoms with van der Waals surface area (Å²) in [5.74, 6) is -0.607. The van der Waals surface area contributed by atoms with Crippen molar-refractivity contribution in [1.82, 2.24) is 0 Å². The summed E-state index contributed by atoms with van der Waals surface area (Å²) in [6, 6.07) is 6.50. The van der Waals surface area contributed by atoms with Gasteiger partial charge in [-0.2, -0.15) is 0 Å². The van der Waals surface area contributed by atoms with Gasteiger partial charge >= 0.3 is 0 Å². The van der Waals surface area contributed by atoms with Crippen molar-refractivity contribution < 1.29 is 22.3 Å². The summed E-state index contributed by atoms with van der Waals surface area (Å²) >= 11 is 9.05. The highest BCUT2D eigenvalue weighted by Gasteiger charge is 2.66. The minimum Gasteiger partial charge on any atom is -0.456 e. The summed E-state index contributed by atoms with van der Waals surface area (Å²) in [5, 5.41) is 0.165. The number of ketones is 1. The van der Waals surface area contributed by atoms with E-state index in [0.29, 0.717) is 12.8 Å². The molecule has 0 unspecified atom stereocenters. The second-order valence-corrected chi connectivity index (χ2v) is 9.24. The molecule has 0 bridgehead atoms. The van der Waals surface area contributed by atoms with Crippen molar-refractivity contribution in [2.75, 3.05) is 0 Å². The van der Waals surface area contributed by atoms with E-state index >= 15 is 0 Å². The first-order valence-electron chi connectivity index (χ1n) is 7.02. The van der Waals surface area contributed by atoms with Gasteiger partial charge in [-0.1, -0.05) is 11.6 Å². The Bertz CT molecular complexity index is 995. The standard InChI is InChI=1S/C16H9BrClFO4S/c17-14-11(23-10-6-8(18)5-9(19)7-10)1-2-12-13(14)15(20)16(3-4-16)24(12,21)22/h1-2,5-7H,3-4H2. The molecular formula is C16H9BrClFO4S.